The van der Waals surface area contributed by atoms with Gasteiger partial charge >= 0.3 is 6.36 Å². The topological polar surface area (TPSA) is 88.2 Å². The molecule has 1 heterocycles. The monoisotopic (exact) mass is 365 g/mol. The van der Waals surface area contributed by atoms with Gasteiger partial charge in [0.2, 0.25) is 0 Å². The molecule has 1 aromatic carbocycles. The fraction of sp³-hybridized carbons (Fsp3) is 0.500. The average molecular weight is 365 g/mol. The van der Waals surface area contributed by atoms with Crippen LogP contribution in [0.5, 0.6) is 5.75 Å². The summed E-state index contributed by atoms with van der Waals surface area (Å²) >= 11 is -1.80. The molecule has 1 saturated heterocycles. The summed E-state index contributed by atoms with van der Waals surface area (Å²) in [5.74, 6) is 0.380. The first-order valence-electron chi connectivity index (χ1n) is 7.25. The van der Waals surface area contributed by atoms with Crippen molar-refractivity contribution in [2.45, 2.75) is 19.2 Å². The van der Waals surface area contributed by atoms with Gasteiger partial charge in [0, 0.05) is 13.1 Å². The number of rotatable bonds is 4. The van der Waals surface area contributed by atoms with Gasteiger partial charge in [-0.2, -0.15) is 0 Å². The minimum absolute atomic E-state index is 0.179. The number of aliphatic imine (C=N–C) groups is 1. The zero-order valence-electron chi connectivity index (χ0n) is 12.7. The summed E-state index contributed by atoms with van der Waals surface area (Å²) < 4.78 is 59.8. The number of nitrogens with two attached hydrogens (primary N) is 1. The van der Waals surface area contributed by atoms with Gasteiger partial charge < -0.3 is 19.9 Å². The summed E-state index contributed by atoms with van der Waals surface area (Å²) in [6, 6.07) is 5.11. The van der Waals surface area contributed by atoms with E-state index in [1.54, 1.807) is 0 Å². The van der Waals surface area contributed by atoms with Crippen molar-refractivity contribution in [1.82, 2.24) is 4.90 Å². The molecule has 1 atom stereocenters. The van der Waals surface area contributed by atoms with Crippen LogP contribution in [0.15, 0.2) is 29.3 Å². The van der Waals surface area contributed by atoms with E-state index in [0.29, 0.717) is 18.8 Å². The Morgan fingerprint density at radius 2 is 1.92 bits per heavy atom. The number of likely N-dealkylation sites (tertiary alicyclic amines) is 1. The van der Waals surface area contributed by atoms with Crippen molar-refractivity contribution in [2.24, 2.45) is 16.6 Å². The molecular weight excluding hydrogens is 347 g/mol. The van der Waals surface area contributed by atoms with E-state index in [2.05, 4.69) is 9.73 Å². The number of ether oxygens (including phenoxy) is 1. The van der Waals surface area contributed by atoms with E-state index < -0.39 is 17.4 Å². The first-order valence-corrected chi connectivity index (χ1v) is 8.53. The molecule has 1 aliphatic heterocycles. The lowest BCUT2D eigenvalue weighted by atomic mass is 9.99. The predicted molar refractivity (Wildman–Crippen MR) is 84.3 cm³/mol. The third-order valence-electron chi connectivity index (χ3n) is 3.63. The van der Waals surface area contributed by atoms with Crippen LogP contribution in [-0.2, 0) is 11.1 Å². The van der Waals surface area contributed by atoms with Crippen LogP contribution in [0.2, 0.25) is 0 Å². The molecule has 2 rings (SSSR count). The number of piperidine rings is 1. The number of alkyl halides is 3. The van der Waals surface area contributed by atoms with Gasteiger partial charge in [0.1, 0.15) is 5.75 Å². The van der Waals surface area contributed by atoms with Gasteiger partial charge in [-0.05, 0) is 43.0 Å². The molecule has 1 unspecified atom stereocenters. The van der Waals surface area contributed by atoms with Crippen LogP contribution in [0.1, 0.15) is 12.8 Å². The zero-order chi connectivity index (χ0) is 17.7. The SMILES string of the molecule is NC(=Nc1ccc(OC(F)(F)F)cc1)N1CCC(CS(=O)O)CC1. The number of guanidine groups is 1. The third kappa shape index (κ3) is 6.00. The quantitative estimate of drug-likeness (QED) is 0.486. The minimum atomic E-state index is -4.73. The highest BCUT2D eigenvalue weighted by molar-refractivity contribution is 7.79. The molecule has 0 saturated carbocycles. The Kier molecular flexibility index (Phi) is 6.05. The maximum absolute atomic E-state index is 12.1. The molecular formula is C14H18F3N3O3S. The number of benzene rings is 1. The average Bonchev–Trinajstić information content (AvgIpc) is 2.48. The lowest BCUT2D eigenvalue weighted by Crippen LogP contribution is -2.43. The molecule has 0 aromatic heterocycles. The summed E-state index contributed by atoms with van der Waals surface area (Å²) in [5, 5.41) is 0. The van der Waals surface area contributed by atoms with Crippen LogP contribution in [0.4, 0.5) is 18.9 Å². The Bertz CT molecular complexity index is 600. The first-order chi connectivity index (χ1) is 11.2. The second kappa shape index (κ2) is 7.84. The molecule has 3 N–H and O–H groups in total. The maximum atomic E-state index is 12.1. The van der Waals surface area contributed by atoms with Crippen LogP contribution < -0.4 is 10.5 Å². The number of hydrogen-bond acceptors (Lipinski definition) is 3. The van der Waals surface area contributed by atoms with E-state index in [0.717, 1.165) is 12.8 Å². The van der Waals surface area contributed by atoms with Crippen LogP contribution in [0, 0.1) is 5.92 Å². The Labute approximate surface area is 139 Å². The molecule has 0 radical (unpaired) electrons. The molecule has 1 fully saturated rings. The highest BCUT2D eigenvalue weighted by atomic mass is 32.2. The number of hydrogen-bond donors (Lipinski definition) is 2. The summed E-state index contributed by atoms with van der Waals surface area (Å²) in [4.78, 5) is 6.02. The molecule has 10 heteroatoms. The first kappa shape index (κ1) is 18.5. The van der Waals surface area contributed by atoms with Crippen LogP contribution in [0.3, 0.4) is 0 Å². The molecule has 1 aliphatic rings. The lowest BCUT2D eigenvalue weighted by Gasteiger charge is -2.32. The highest BCUT2D eigenvalue weighted by Crippen LogP contribution is 2.25. The normalized spacial score (nSPS) is 18.5. The van der Waals surface area contributed by atoms with Crippen molar-refractivity contribution >= 4 is 22.7 Å². The van der Waals surface area contributed by atoms with E-state index in [4.69, 9.17) is 10.3 Å². The summed E-state index contributed by atoms with van der Waals surface area (Å²) in [7, 11) is 0. The molecule has 0 bridgehead atoms. The van der Waals surface area contributed by atoms with E-state index in [1.807, 2.05) is 4.90 Å². The molecule has 0 spiro atoms. The fourth-order valence-electron chi connectivity index (χ4n) is 2.46. The van der Waals surface area contributed by atoms with Crippen molar-refractivity contribution in [1.29, 1.82) is 0 Å². The van der Waals surface area contributed by atoms with Crippen molar-refractivity contribution in [3.8, 4) is 5.75 Å². The van der Waals surface area contributed by atoms with Gasteiger partial charge in [-0.3, -0.25) is 0 Å². The van der Waals surface area contributed by atoms with Crippen molar-refractivity contribution in [3.63, 3.8) is 0 Å². The summed E-state index contributed by atoms with van der Waals surface area (Å²) in [6.45, 7) is 1.24. The van der Waals surface area contributed by atoms with Gasteiger partial charge in [-0.25, -0.2) is 9.20 Å². The Morgan fingerprint density at radius 3 is 2.42 bits per heavy atom. The summed E-state index contributed by atoms with van der Waals surface area (Å²) in [6.07, 6.45) is -3.26. The van der Waals surface area contributed by atoms with Crippen molar-refractivity contribution in [3.05, 3.63) is 24.3 Å². The standard InChI is InChI=1S/C14H18F3N3O3S/c15-14(16,17)23-12-3-1-11(2-4-12)19-13(18)20-7-5-10(6-8-20)9-24(21)22/h1-4,10H,5-9H2,(H2,18,19)(H,21,22). The second-order valence-electron chi connectivity index (χ2n) is 5.43. The Morgan fingerprint density at radius 1 is 1.33 bits per heavy atom. The van der Waals surface area contributed by atoms with Gasteiger partial charge in [0.15, 0.2) is 17.0 Å². The maximum Gasteiger partial charge on any atom is 0.573 e. The summed E-state index contributed by atoms with van der Waals surface area (Å²) in [5.41, 5.74) is 6.34. The van der Waals surface area contributed by atoms with E-state index in [1.165, 1.54) is 24.3 Å². The van der Waals surface area contributed by atoms with Gasteiger partial charge in [-0.15, -0.1) is 13.2 Å². The number of nitrogens with zero attached hydrogens (tertiary/aromatic N) is 2. The highest BCUT2D eigenvalue weighted by Gasteiger charge is 2.31. The third-order valence-corrected chi connectivity index (χ3v) is 4.39. The van der Waals surface area contributed by atoms with E-state index >= 15 is 0 Å². The van der Waals surface area contributed by atoms with Gasteiger partial charge in [0.05, 0.1) is 11.4 Å². The lowest BCUT2D eigenvalue weighted by molar-refractivity contribution is -0.274. The zero-order valence-corrected chi connectivity index (χ0v) is 13.5. The minimum Gasteiger partial charge on any atom is -0.406 e. The smallest absolute Gasteiger partial charge is 0.406 e. The predicted octanol–water partition coefficient (Wildman–Crippen LogP) is 2.47. The van der Waals surface area contributed by atoms with Crippen molar-refractivity contribution in [2.75, 3.05) is 18.8 Å². The molecule has 6 nitrogen and oxygen atoms in total. The van der Waals surface area contributed by atoms with Crippen LogP contribution in [-0.4, -0.2) is 44.8 Å². The van der Waals surface area contributed by atoms with Crippen LogP contribution >= 0.6 is 0 Å². The molecule has 0 aliphatic carbocycles. The Hall–Kier alpha value is -1.81. The molecule has 1 aromatic rings. The van der Waals surface area contributed by atoms with E-state index in [-0.39, 0.29) is 23.4 Å². The molecule has 134 valence electrons. The van der Waals surface area contributed by atoms with Crippen LogP contribution in [0.25, 0.3) is 0 Å². The Balaban J connectivity index is 1.92. The van der Waals surface area contributed by atoms with Gasteiger partial charge in [-0.1, -0.05) is 0 Å². The molecule has 0 amide bonds. The molecule has 24 heavy (non-hydrogen) atoms. The van der Waals surface area contributed by atoms with Crippen molar-refractivity contribution < 1.29 is 26.7 Å². The number of halogens is 3. The largest absolute Gasteiger partial charge is 0.573 e. The van der Waals surface area contributed by atoms with Gasteiger partial charge in [0.25, 0.3) is 0 Å². The van der Waals surface area contributed by atoms with E-state index in [9.17, 15) is 17.4 Å². The fourth-order valence-corrected chi connectivity index (χ4v) is 3.19. The second-order valence-corrected chi connectivity index (χ2v) is 6.41.